The zero-order chi connectivity index (χ0) is 14.6. The summed E-state index contributed by atoms with van der Waals surface area (Å²) in [6, 6.07) is 10.0. The van der Waals surface area contributed by atoms with Crippen molar-refractivity contribution in [2.24, 2.45) is 5.92 Å². The fraction of sp³-hybridized carbons (Fsp3) is 0.412. The summed E-state index contributed by atoms with van der Waals surface area (Å²) in [5, 5.41) is 19.0. The molecule has 0 unspecified atom stereocenters. The van der Waals surface area contributed by atoms with Crippen LogP contribution in [0.1, 0.15) is 37.7 Å². The molecule has 0 aromatic heterocycles. The molecule has 0 radical (unpaired) electrons. The fourth-order valence-corrected chi connectivity index (χ4v) is 2.82. The van der Waals surface area contributed by atoms with Gasteiger partial charge in [0, 0.05) is 0 Å². The highest BCUT2D eigenvalue weighted by Crippen LogP contribution is 2.37. The number of hydrogen-bond acceptors (Lipinski definition) is 2. The molecule has 0 spiro atoms. The van der Waals surface area contributed by atoms with E-state index < -0.39 is 5.41 Å². The minimum Gasteiger partial charge on any atom is -0.207 e. The van der Waals surface area contributed by atoms with Gasteiger partial charge in [0.2, 0.25) is 0 Å². The molecule has 1 aromatic carbocycles. The van der Waals surface area contributed by atoms with E-state index in [1.165, 1.54) is 17.7 Å². The summed E-state index contributed by atoms with van der Waals surface area (Å²) in [6.07, 6.45) is 4.41. The van der Waals surface area contributed by atoms with Crippen LogP contribution in [0.2, 0.25) is 0 Å². The summed E-state index contributed by atoms with van der Waals surface area (Å²) in [4.78, 5) is 0. The number of rotatable bonds is 3. The van der Waals surface area contributed by atoms with Gasteiger partial charge in [-0.05, 0) is 55.7 Å². The third kappa shape index (κ3) is 2.89. The van der Waals surface area contributed by atoms with Crippen LogP contribution < -0.4 is 0 Å². The highest BCUT2D eigenvalue weighted by molar-refractivity contribution is 5.40. The SMILES string of the molecule is C=C1CCC(CC(C#N)(C#N)c2ccc(F)cc2)CC1. The topological polar surface area (TPSA) is 47.6 Å². The molecule has 1 saturated carbocycles. The Bertz CT molecular complexity index is 550. The molecule has 0 saturated heterocycles. The van der Waals surface area contributed by atoms with Crippen molar-refractivity contribution in [1.29, 1.82) is 10.5 Å². The predicted molar refractivity (Wildman–Crippen MR) is 75.0 cm³/mol. The van der Waals surface area contributed by atoms with Crippen molar-refractivity contribution in [2.75, 3.05) is 0 Å². The maximum Gasteiger partial charge on any atom is 0.168 e. The molecule has 0 heterocycles. The largest absolute Gasteiger partial charge is 0.207 e. The molecule has 0 aliphatic heterocycles. The van der Waals surface area contributed by atoms with Crippen molar-refractivity contribution in [1.82, 2.24) is 0 Å². The lowest BCUT2D eigenvalue weighted by molar-refractivity contribution is 0.349. The molecule has 2 rings (SSSR count). The Kier molecular flexibility index (Phi) is 4.20. The van der Waals surface area contributed by atoms with Gasteiger partial charge >= 0.3 is 0 Å². The first-order valence-electron chi connectivity index (χ1n) is 6.85. The minimum absolute atomic E-state index is 0.352. The second-order valence-corrected chi connectivity index (χ2v) is 5.53. The van der Waals surface area contributed by atoms with Gasteiger partial charge in [-0.1, -0.05) is 24.3 Å². The van der Waals surface area contributed by atoms with E-state index in [0.717, 1.165) is 25.7 Å². The van der Waals surface area contributed by atoms with E-state index in [1.807, 2.05) is 0 Å². The van der Waals surface area contributed by atoms with Gasteiger partial charge in [-0.15, -0.1) is 0 Å². The highest BCUT2D eigenvalue weighted by atomic mass is 19.1. The molecule has 1 aromatic rings. The van der Waals surface area contributed by atoms with Crippen molar-refractivity contribution in [2.45, 2.75) is 37.5 Å². The standard InChI is InChI=1S/C17H17FN2/c1-13-2-4-14(5-3-13)10-17(11-19,12-20)15-6-8-16(18)9-7-15/h6-9,14H,1-5,10H2. The summed E-state index contributed by atoms with van der Waals surface area (Å²) in [6.45, 7) is 3.98. The Hall–Kier alpha value is -2.13. The van der Waals surface area contributed by atoms with E-state index in [1.54, 1.807) is 12.1 Å². The summed E-state index contributed by atoms with van der Waals surface area (Å²) in [7, 11) is 0. The average Bonchev–Trinajstić information content (AvgIpc) is 2.48. The second kappa shape index (κ2) is 5.88. The van der Waals surface area contributed by atoms with E-state index in [4.69, 9.17) is 0 Å². The van der Waals surface area contributed by atoms with Gasteiger partial charge in [0.05, 0.1) is 12.1 Å². The number of hydrogen-bond donors (Lipinski definition) is 0. The summed E-state index contributed by atoms with van der Waals surface area (Å²) >= 11 is 0. The van der Waals surface area contributed by atoms with Crippen LogP contribution in [0.4, 0.5) is 4.39 Å². The van der Waals surface area contributed by atoms with Gasteiger partial charge in [0.25, 0.3) is 0 Å². The Morgan fingerprint density at radius 2 is 1.70 bits per heavy atom. The Labute approximate surface area is 119 Å². The number of nitriles is 2. The van der Waals surface area contributed by atoms with Crippen LogP contribution in [-0.4, -0.2) is 0 Å². The third-order valence-corrected chi connectivity index (χ3v) is 4.13. The molecule has 1 aliphatic carbocycles. The first-order valence-corrected chi connectivity index (χ1v) is 6.85. The Balaban J connectivity index is 2.22. The Morgan fingerprint density at radius 3 is 2.20 bits per heavy atom. The highest BCUT2D eigenvalue weighted by Gasteiger charge is 2.36. The van der Waals surface area contributed by atoms with E-state index in [-0.39, 0.29) is 5.82 Å². The smallest absolute Gasteiger partial charge is 0.168 e. The van der Waals surface area contributed by atoms with Crippen LogP contribution in [0.5, 0.6) is 0 Å². The first kappa shape index (κ1) is 14.3. The van der Waals surface area contributed by atoms with E-state index in [9.17, 15) is 14.9 Å². The lowest BCUT2D eigenvalue weighted by Gasteiger charge is -2.29. The number of nitrogens with zero attached hydrogens (tertiary/aromatic N) is 2. The monoisotopic (exact) mass is 268 g/mol. The normalized spacial score (nSPS) is 16.4. The molecule has 0 bridgehead atoms. The van der Waals surface area contributed by atoms with Crippen molar-refractivity contribution >= 4 is 0 Å². The molecular formula is C17H17FN2. The molecule has 2 nitrogen and oxygen atoms in total. The van der Waals surface area contributed by atoms with E-state index in [2.05, 4.69) is 18.7 Å². The minimum atomic E-state index is -1.17. The third-order valence-electron chi connectivity index (χ3n) is 4.13. The lowest BCUT2D eigenvalue weighted by Crippen LogP contribution is -2.27. The van der Waals surface area contributed by atoms with Gasteiger partial charge in [-0.3, -0.25) is 0 Å². The lowest BCUT2D eigenvalue weighted by atomic mass is 9.72. The predicted octanol–water partition coefficient (Wildman–Crippen LogP) is 4.25. The number of benzene rings is 1. The first-order chi connectivity index (χ1) is 9.59. The molecule has 20 heavy (non-hydrogen) atoms. The summed E-state index contributed by atoms with van der Waals surface area (Å²) in [5.41, 5.74) is 0.674. The van der Waals surface area contributed by atoms with E-state index >= 15 is 0 Å². The van der Waals surface area contributed by atoms with Crippen LogP contribution in [0.3, 0.4) is 0 Å². The zero-order valence-corrected chi connectivity index (χ0v) is 11.4. The van der Waals surface area contributed by atoms with Crippen molar-refractivity contribution in [3.63, 3.8) is 0 Å². The fourth-order valence-electron chi connectivity index (χ4n) is 2.82. The molecule has 3 heteroatoms. The maximum absolute atomic E-state index is 13.0. The molecule has 0 atom stereocenters. The Morgan fingerprint density at radius 1 is 1.15 bits per heavy atom. The van der Waals surface area contributed by atoms with Gasteiger partial charge in [0.1, 0.15) is 5.82 Å². The molecule has 102 valence electrons. The zero-order valence-electron chi connectivity index (χ0n) is 11.4. The molecule has 1 fully saturated rings. The number of allylic oxidation sites excluding steroid dienone is 1. The van der Waals surface area contributed by atoms with Gasteiger partial charge in [0.15, 0.2) is 5.41 Å². The average molecular weight is 268 g/mol. The van der Waals surface area contributed by atoms with Crippen molar-refractivity contribution in [3.05, 3.63) is 47.8 Å². The van der Waals surface area contributed by atoms with Crippen LogP contribution in [0.25, 0.3) is 0 Å². The molecule has 1 aliphatic rings. The van der Waals surface area contributed by atoms with Crippen molar-refractivity contribution in [3.8, 4) is 12.1 Å². The maximum atomic E-state index is 13.0. The number of halogens is 1. The van der Waals surface area contributed by atoms with Crippen molar-refractivity contribution < 1.29 is 4.39 Å². The van der Waals surface area contributed by atoms with Gasteiger partial charge < -0.3 is 0 Å². The van der Waals surface area contributed by atoms with E-state index in [0.29, 0.717) is 17.9 Å². The van der Waals surface area contributed by atoms with Crippen LogP contribution in [0, 0.1) is 34.4 Å². The second-order valence-electron chi connectivity index (χ2n) is 5.53. The quantitative estimate of drug-likeness (QED) is 0.769. The summed E-state index contributed by atoms with van der Waals surface area (Å²) < 4.78 is 13.0. The molecular weight excluding hydrogens is 251 g/mol. The van der Waals surface area contributed by atoms with Crippen LogP contribution in [0.15, 0.2) is 36.4 Å². The molecule has 0 amide bonds. The van der Waals surface area contributed by atoms with Gasteiger partial charge in [-0.2, -0.15) is 10.5 Å². The van der Waals surface area contributed by atoms with Crippen LogP contribution in [-0.2, 0) is 5.41 Å². The summed E-state index contributed by atoms with van der Waals surface area (Å²) in [5.74, 6) is -0.00246. The molecule has 0 N–H and O–H groups in total. The van der Waals surface area contributed by atoms with Crippen LogP contribution >= 0.6 is 0 Å². The van der Waals surface area contributed by atoms with Gasteiger partial charge in [-0.25, -0.2) is 4.39 Å².